The highest BCUT2D eigenvalue weighted by Crippen LogP contribution is 2.37. The molecule has 8 heteroatoms. The molecule has 1 saturated carbocycles. The first kappa shape index (κ1) is 19.6. The molecule has 28 heavy (non-hydrogen) atoms. The SMILES string of the molecule is NC1(CNc2nc(-c3ccc4ccccc4c3)nc(C(Cl)(Cl)Cl)n2)CCCC1. The topological polar surface area (TPSA) is 76.7 Å². The van der Waals surface area contributed by atoms with E-state index in [1.54, 1.807) is 0 Å². The van der Waals surface area contributed by atoms with Crippen LogP contribution in [0.15, 0.2) is 42.5 Å². The Hall–Kier alpha value is -1.66. The Morgan fingerprint density at radius 2 is 1.68 bits per heavy atom. The molecule has 0 atom stereocenters. The largest absolute Gasteiger partial charge is 0.352 e. The fourth-order valence-corrected chi connectivity index (χ4v) is 3.80. The van der Waals surface area contributed by atoms with Gasteiger partial charge < -0.3 is 11.1 Å². The van der Waals surface area contributed by atoms with Crippen molar-refractivity contribution in [2.24, 2.45) is 5.73 Å². The summed E-state index contributed by atoms with van der Waals surface area (Å²) in [6.07, 6.45) is 4.22. The van der Waals surface area contributed by atoms with Crippen LogP contribution in [-0.4, -0.2) is 27.0 Å². The van der Waals surface area contributed by atoms with Gasteiger partial charge in [0.2, 0.25) is 9.74 Å². The number of halogens is 3. The molecule has 0 bridgehead atoms. The predicted molar refractivity (Wildman–Crippen MR) is 116 cm³/mol. The van der Waals surface area contributed by atoms with E-state index < -0.39 is 3.79 Å². The Bertz CT molecular complexity index is 997. The predicted octanol–water partition coefficient (Wildman–Crippen LogP) is 5.20. The van der Waals surface area contributed by atoms with Gasteiger partial charge in [0, 0.05) is 17.6 Å². The van der Waals surface area contributed by atoms with E-state index in [4.69, 9.17) is 40.5 Å². The molecule has 5 nitrogen and oxygen atoms in total. The summed E-state index contributed by atoms with van der Waals surface area (Å²) in [5.41, 5.74) is 7.00. The number of aromatic nitrogens is 3. The fourth-order valence-electron chi connectivity index (χ4n) is 3.55. The molecule has 1 aliphatic carbocycles. The van der Waals surface area contributed by atoms with Gasteiger partial charge in [-0.15, -0.1) is 0 Å². The van der Waals surface area contributed by atoms with Crippen LogP contribution in [0.5, 0.6) is 0 Å². The third kappa shape index (κ3) is 4.33. The van der Waals surface area contributed by atoms with E-state index in [1.807, 2.05) is 36.4 Å². The average molecular weight is 437 g/mol. The molecular formula is C20H20Cl3N5. The Balaban J connectivity index is 1.70. The molecule has 2 aromatic carbocycles. The van der Waals surface area contributed by atoms with Gasteiger partial charge in [-0.05, 0) is 29.7 Å². The van der Waals surface area contributed by atoms with E-state index in [2.05, 4.69) is 26.3 Å². The second-order valence-electron chi connectivity index (χ2n) is 7.29. The molecule has 0 spiro atoms. The molecule has 0 unspecified atom stereocenters. The smallest absolute Gasteiger partial charge is 0.250 e. The minimum Gasteiger partial charge on any atom is -0.352 e. The van der Waals surface area contributed by atoms with Gasteiger partial charge in [-0.1, -0.05) is 84.0 Å². The molecule has 1 heterocycles. The molecule has 0 aliphatic heterocycles. The number of fused-ring (bicyclic) bond motifs is 1. The molecule has 1 fully saturated rings. The number of benzene rings is 2. The van der Waals surface area contributed by atoms with Crippen LogP contribution < -0.4 is 11.1 Å². The second kappa shape index (κ2) is 7.64. The summed E-state index contributed by atoms with van der Waals surface area (Å²) >= 11 is 18.2. The lowest BCUT2D eigenvalue weighted by molar-refractivity contribution is 0.463. The second-order valence-corrected chi connectivity index (χ2v) is 9.57. The molecular weight excluding hydrogens is 417 g/mol. The molecule has 0 saturated heterocycles. The van der Waals surface area contributed by atoms with Gasteiger partial charge in [0.05, 0.1) is 0 Å². The lowest BCUT2D eigenvalue weighted by Gasteiger charge is -2.24. The lowest BCUT2D eigenvalue weighted by atomic mass is 10.00. The maximum Gasteiger partial charge on any atom is 0.250 e. The summed E-state index contributed by atoms with van der Waals surface area (Å²) in [6.45, 7) is 0.563. The first-order valence-corrected chi connectivity index (χ1v) is 10.3. The number of nitrogens with two attached hydrogens (primary N) is 1. The molecule has 146 valence electrons. The number of anilines is 1. The van der Waals surface area contributed by atoms with Crippen molar-refractivity contribution >= 4 is 51.5 Å². The zero-order valence-corrected chi connectivity index (χ0v) is 17.4. The van der Waals surface area contributed by atoms with Crippen LogP contribution in [0, 0.1) is 0 Å². The Morgan fingerprint density at radius 3 is 2.39 bits per heavy atom. The minimum absolute atomic E-state index is 0.0793. The monoisotopic (exact) mass is 435 g/mol. The van der Waals surface area contributed by atoms with Crippen molar-refractivity contribution in [3.63, 3.8) is 0 Å². The zero-order chi connectivity index (χ0) is 19.8. The third-order valence-electron chi connectivity index (χ3n) is 5.09. The summed E-state index contributed by atoms with van der Waals surface area (Å²) in [4.78, 5) is 13.2. The number of nitrogens with one attached hydrogen (secondary N) is 1. The van der Waals surface area contributed by atoms with E-state index in [-0.39, 0.29) is 11.4 Å². The van der Waals surface area contributed by atoms with Crippen LogP contribution in [0.2, 0.25) is 0 Å². The van der Waals surface area contributed by atoms with Crippen molar-refractivity contribution < 1.29 is 0 Å². The van der Waals surface area contributed by atoms with Gasteiger partial charge in [-0.3, -0.25) is 0 Å². The van der Waals surface area contributed by atoms with Crippen molar-refractivity contribution in [2.75, 3.05) is 11.9 Å². The molecule has 3 aromatic rings. The van der Waals surface area contributed by atoms with Gasteiger partial charge >= 0.3 is 0 Å². The molecule has 1 aromatic heterocycles. The third-order valence-corrected chi connectivity index (χ3v) is 5.60. The van der Waals surface area contributed by atoms with Gasteiger partial charge in [0.15, 0.2) is 11.6 Å². The number of rotatable bonds is 4. The Morgan fingerprint density at radius 1 is 0.964 bits per heavy atom. The van der Waals surface area contributed by atoms with Gasteiger partial charge in [-0.25, -0.2) is 4.98 Å². The van der Waals surface area contributed by atoms with Crippen molar-refractivity contribution in [3.05, 3.63) is 48.3 Å². The van der Waals surface area contributed by atoms with Gasteiger partial charge in [-0.2, -0.15) is 9.97 Å². The van der Waals surface area contributed by atoms with Crippen molar-refractivity contribution in [1.29, 1.82) is 0 Å². The van der Waals surface area contributed by atoms with E-state index >= 15 is 0 Å². The first-order valence-electron chi connectivity index (χ1n) is 9.18. The number of hydrogen-bond acceptors (Lipinski definition) is 5. The van der Waals surface area contributed by atoms with Crippen LogP contribution in [0.1, 0.15) is 31.5 Å². The van der Waals surface area contributed by atoms with Crippen molar-refractivity contribution in [1.82, 2.24) is 15.0 Å². The van der Waals surface area contributed by atoms with Crippen molar-refractivity contribution in [3.8, 4) is 11.4 Å². The van der Waals surface area contributed by atoms with Crippen LogP contribution in [0.4, 0.5) is 5.95 Å². The zero-order valence-electron chi connectivity index (χ0n) is 15.1. The summed E-state index contributed by atoms with van der Waals surface area (Å²) in [7, 11) is 0. The number of nitrogens with zero attached hydrogens (tertiary/aromatic N) is 3. The van der Waals surface area contributed by atoms with Crippen LogP contribution >= 0.6 is 34.8 Å². The highest BCUT2D eigenvalue weighted by Gasteiger charge is 2.31. The standard InChI is InChI=1S/C20H20Cl3N5/c21-20(22,23)17-26-16(15-8-7-13-5-1-2-6-14(13)11-15)27-18(28-17)25-12-19(24)9-3-4-10-19/h1-2,5-8,11H,3-4,9-10,12,24H2,(H,25,26,27,28). The lowest BCUT2D eigenvalue weighted by Crippen LogP contribution is -2.43. The summed E-state index contributed by atoms with van der Waals surface area (Å²) in [6, 6.07) is 14.1. The fraction of sp³-hybridized carbons (Fsp3) is 0.350. The first-order chi connectivity index (χ1) is 13.3. The summed E-state index contributed by atoms with van der Waals surface area (Å²) in [5, 5.41) is 5.44. The Labute approximate surface area is 178 Å². The van der Waals surface area contributed by atoms with E-state index in [0.29, 0.717) is 18.3 Å². The Kier molecular flexibility index (Phi) is 5.36. The van der Waals surface area contributed by atoms with E-state index in [0.717, 1.165) is 42.0 Å². The molecule has 3 N–H and O–H groups in total. The van der Waals surface area contributed by atoms with Gasteiger partial charge in [0.1, 0.15) is 0 Å². The highest BCUT2D eigenvalue weighted by molar-refractivity contribution is 6.66. The van der Waals surface area contributed by atoms with Crippen LogP contribution in [0.25, 0.3) is 22.2 Å². The quantitative estimate of drug-likeness (QED) is 0.550. The normalized spacial score (nSPS) is 16.4. The maximum atomic E-state index is 6.43. The molecule has 4 rings (SSSR count). The highest BCUT2D eigenvalue weighted by atomic mass is 35.6. The van der Waals surface area contributed by atoms with E-state index in [1.165, 1.54) is 0 Å². The summed E-state index contributed by atoms with van der Waals surface area (Å²) < 4.78 is -1.75. The molecule has 1 aliphatic rings. The molecule has 0 amide bonds. The average Bonchev–Trinajstić information content (AvgIpc) is 3.12. The maximum absolute atomic E-state index is 6.43. The number of alkyl halides is 3. The van der Waals surface area contributed by atoms with E-state index in [9.17, 15) is 0 Å². The van der Waals surface area contributed by atoms with Crippen molar-refractivity contribution in [2.45, 2.75) is 35.0 Å². The van der Waals surface area contributed by atoms with Crippen LogP contribution in [0.3, 0.4) is 0 Å². The van der Waals surface area contributed by atoms with Gasteiger partial charge in [0.25, 0.3) is 0 Å². The minimum atomic E-state index is -1.75. The molecule has 0 radical (unpaired) electrons. The number of hydrogen-bond donors (Lipinski definition) is 2. The van der Waals surface area contributed by atoms with Crippen LogP contribution in [-0.2, 0) is 3.79 Å². The summed E-state index contributed by atoms with van der Waals surface area (Å²) in [5.74, 6) is 0.883.